The fraction of sp³-hybridized carbons (Fsp3) is 0.208. The van der Waals surface area contributed by atoms with Crippen LogP contribution in [0.5, 0.6) is 0 Å². The zero-order valence-corrected chi connectivity index (χ0v) is 19.3. The number of benzene rings is 3. The van der Waals surface area contributed by atoms with E-state index in [-0.39, 0.29) is 17.3 Å². The Bertz CT molecular complexity index is 1160. The molecule has 3 aromatic rings. The van der Waals surface area contributed by atoms with Crippen molar-refractivity contribution in [3.05, 3.63) is 94.5 Å². The van der Waals surface area contributed by atoms with E-state index in [1.165, 1.54) is 4.90 Å². The van der Waals surface area contributed by atoms with Crippen LogP contribution in [0.3, 0.4) is 0 Å². The lowest BCUT2D eigenvalue weighted by molar-refractivity contribution is -0.128. The van der Waals surface area contributed by atoms with Gasteiger partial charge >= 0.3 is 0 Å². The lowest BCUT2D eigenvalue weighted by atomic mass is 10.2. The Labute approximate surface area is 188 Å². The second kappa shape index (κ2) is 9.54. The summed E-state index contributed by atoms with van der Waals surface area (Å²) >= 11 is 6.26. The first kappa shape index (κ1) is 22.8. The number of amides is 1. The molecule has 31 heavy (non-hydrogen) atoms. The van der Waals surface area contributed by atoms with Gasteiger partial charge in [-0.3, -0.25) is 9.10 Å². The van der Waals surface area contributed by atoms with E-state index in [4.69, 9.17) is 11.6 Å². The summed E-state index contributed by atoms with van der Waals surface area (Å²) in [4.78, 5) is 14.6. The van der Waals surface area contributed by atoms with Crippen LogP contribution in [0.1, 0.15) is 16.7 Å². The van der Waals surface area contributed by atoms with Crippen LogP contribution in [-0.4, -0.2) is 32.8 Å². The van der Waals surface area contributed by atoms with Gasteiger partial charge in [0.2, 0.25) is 5.91 Å². The molecule has 0 spiro atoms. The number of rotatable bonds is 7. The van der Waals surface area contributed by atoms with Crippen molar-refractivity contribution in [1.29, 1.82) is 0 Å². The highest BCUT2D eigenvalue weighted by Crippen LogP contribution is 2.28. The second-order valence-corrected chi connectivity index (χ2v) is 9.76. The van der Waals surface area contributed by atoms with Gasteiger partial charge in [-0.1, -0.05) is 65.7 Å². The minimum Gasteiger partial charge on any atom is -0.340 e. The molecule has 0 atom stereocenters. The SMILES string of the molecule is Cc1ccc(S(=O)(=O)N(CC(=O)N(C)Cc2ccccc2)c2ccc(C)c(Cl)c2)cc1. The third kappa shape index (κ3) is 5.46. The summed E-state index contributed by atoms with van der Waals surface area (Å²) in [5, 5.41) is 0.437. The Morgan fingerprint density at radius 1 is 0.935 bits per heavy atom. The van der Waals surface area contributed by atoms with Gasteiger partial charge in [0.1, 0.15) is 6.54 Å². The summed E-state index contributed by atoms with van der Waals surface area (Å²) in [5.74, 6) is -0.323. The minimum atomic E-state index is -3.97. The maximum Gasteiger partial charge on any atom is 0.264 e. The number of hydrogen-bond donors (Lipinski definition) is 0. The van der Waals surface area contributed by atoms with Crippen molar-refractivity contribution in [1.82, 2.24) is 4.90 Å². The first-order chi connectivity index (χ1) is 14.7. The second-order valence-electron chi connectivity index (χ2n) is 7.49. The van der Waals surface area contributed by atoms with E-state index in [1.807, 2.05) is 44.2 Å². The van der Waals surface area contributed by atoms with Gasteiger partial charge in [-0.15, -0.1) is 0 Å². The van der Waals surface area contributed by atoms with Crippen molar-refractivity contribution < 1.29 is 13.2 Å². The molecule has 0 aliphatic heterocycles. The van der Waals surface area contributed by atoms with Crippen molar-refractivity contribution >= 4 is 33.2 Å². The molecule has 0 unspecified atom stereocenters. The van der Waals surface area contributed by atoms with Crippen molar-refractivity contribution in [2.75, 3.05) is 17.9 Å². The molecule has 0 radical (unpaired) electrons. The number of likely N-dealkylation sites (N-methyl/N-ethyl adjacent to an activating group) is 1. The number of carbonyl (C=O) groups excluding carboxylic acids is 1. The van der Waals surface area contributed by atoms with Crippen LogP contribution < -0.4 is 4.31 Å². The number of halogens is 1. The zero-order chi connectivity index (χ0) is 22.6. The molecular weight excluding hydrogens is 432 g/mol. The quantitative estimate of drug-likeness (QED) is 0.512. The Hall–Kier alpha value is -2.83. The van der Waals surface area contributed by atoms with Crippen LogP contribution >= 0.6 is 11.6 Å². The van der Waals surface area contributed by atoms with Crippen molar-refractivity contribution in [2.24, 2.45) is 0 Å². The molecule has 1 amide bonds. The molecule has 0 fully saturated rings. The Kier molecular flexibility index (Phi) is 7.03. The number of carbonyl (C=O) groups is 1. The van der Waals surface area contributed by atoms with Gasteiger partial charge in [0.15, 0.2) is 0 Å². The first-order valence-electron chi connectivity index (χ1n) is 9.82. The zero-order valence-electron chi connectivity index (χ0n) is 17.7. The fourth-order valence-electron chi connectivity index (χ4n) is 3.08. The molecule has 0 heterocycles. The summed E-state index contributed by atoms with van der Waals surface area (Å²) in [5.41, 5.74) is 3.08. The topological polar surface area (TPSA) is 57.7 Å². The van der Waals surface area contributed by atoms with Crippen LogP contribution in [-0.2, 0) is 21.4 Å². The summed E-state index contributed by atoms with van der Waals surface area (Å²) in [6.45, 7) is 3.77. The summed E-state index contributed by atoms with van der Waals surface area (Å²) in [7, 11) is -2.31. The van der Waals surface area contributed by atoms with E-state index in [0.29, 0.717) is 17.3 Å². The monoisotopic (exact) mass is 456 g/mol. The lowest BCUT2D eigenvalue weighted by Gasteiger charge is -2.27. The highest BCUT2D eigenvalue weighted by molar-refractivity contribution is 7.92. The Morgan fingerprint density at radius 3 is 2.19 bits per heavy atom. The van der Waals surface area contributed by atoms with Gasteiger partial charge in [0.25, 0.3) is 10.0 Å². The van der Waals surface area contributed by atoms with Gasteiger partial charge < -0.3 is 4.90 Å². The maximum absolute atomic E-state index is 13.5. The highest BCUT2D eigenvalue weighted by Gasteiger charge is 2.28. The molecular formula is C24H25ClN2O3S. The molecule has 162 valence electrons. The van der Waals surface area contributed by atoms with Crippen molar-refractivity contribution in [3.8, 4) is 0 Å². The normalized spacial score (nSPS) is 11.2. The number of nitrogens with zero attached hydrogens (tertiary/aromatic N) is 2. The average molecular weight is 457 g/mol. The fourth-order valence-corrected chi connectivity index (χ4v) is 4.66. The number of sulfonamides is 1. The molecule has 0 N–H and O–H groups in total. The van der Waals surface area contributed by atoms with Gasteiger partial charge in [-0.25, -0.2) is 8.42 Å². The van der Waals surface area contributed by atoms with E-state index in [2.05, 4.69) is 0 Å². The van der Waals surface area contributed by atoms with E-state index in [1.54, 1.807) is 49.5 Å². The van der Waals surface area contributed by atoms with E-state index < -0.39 is 10.0 Å². The number of hydrogen-bond acceptors (Lipinski definition) is 3. The van der Waals surface area contributed by atoms with Gasteiger partial charge in [0, 0.05) is 18.6 Å². The first-order valence-corrected chi connectivity index (χ1v) is 11.6. The molecule has 7 heteroatoms. The van der Waals surface area contributed by atoms with E-state index in [9.17, 15) is 13.2 Å². The smallest absolute Gasteiger partial charge is 0.264 e. The number of aryl methyl sites for hydroxylation is 2. The van der Waals surface area contributed by atoms with Crippen LogP contribution in [0.2, 0.25) is 5.02 Å². The predicted molar refractivity (Wildman–Crippen MR) is 125 cm³/mol. The third-order valence-corrected chi connectivity index (χ3v) is 7.21. The van der Waals surface area contributed by atoms with E-state index in [0.717, 1.165) is 21.0 Å². The summed E-state index contributed by atoms with van der Waals surface area (Å²) < 4.78 is 28.1. The Balaban J connectivity index is 1.94. The molecule has 0 saturated heterocycles. The molecule has 0 aliphatic rings. The van der Waals surface area contributed by atoms with Crippen molar-refractivity contribution in [2.45, 2.75) is 25.3 Å². The summed E-state index contributed by atoms with van der Waals surface area (Å²) in [6.07, 6.45) is 0. The third-order valence-electron chi connectivity index (χ3n) is 5.02. The van der Waals surface area contributed by atoms with Crippen LogP contribution in [0.15, 0.2) is 77.7 Å². The molecule has 3 rings (SSSR count). The van der Waals surface area contributed by atoms with Crippen LogP contribution in [0, 0.1) is 13.8 Å². The molecule has 0 aliphatic carbocycles. The molecule has 0 saturated carbocycles. The van der Waals surface area contributed by atoms with E-state index >= 15 is 0 Å². The van der Waals surface area contributed by atoms with Gasteiger partial charge in [-0.2, -0.15) is 0 Å². The predicted octanol–water partition coefficient (Wildman–Crippen LogP) is 4.81. The summed E-state index contributed by atoms with van der Waals surface area (Å²) in [6, 6.07) is 21.1. The lowest BCUT2D eigenvalue weighted by Crippen LogP contribution is -2.41. The van der Waals surface area contributed by atoms with Crippen LogP contribution in [0.25, 0.3) is 0 Å². The number of anilines is 1. The highest BCUT2D eigenvalue weighted by atomic mass is 35.5. The molecule has 0 aromatic heterocycles. The Morgan fingerprint density at radius 2 is 1.58 bits per heavy atom. The van der Waals surface area contributed by atoms with Crippen molar-refractivity contribution in [3.63, 3.8) is 0 Å². The van der Waals surface area contributed by atoms with Gasteiger partial charge in [-0.05, 0) is 49.2 Å². The molecule has 3 aromatic carbocycles. The average Bonchev–Trinajstić information content (AvgIpc) is 2.74. The molecule has 0 bridgehead atoms. The molecule has 5 nitrogen and oxygen atoms in total. The standard InChI is InChI=1S/C24H25ClN2O3S/c1-18-9-13-22(14-10-18)31(29,30)27(21-12-11-19(2)23(25)15-21)17-24(28)26(3)16-20-7-5-4-6-8-20/h4-15H,16-17H2,1-3H3. The minimum absolute atomic E-state index is 0.119. The maximum atomic E-state index is 13.5. The van der Waals surface area contributed by atoms with Gasteiger partial charge in [0.05, 0.1) is 10.6 Å². The van der Waals surface area contributed by atoms with Crippen LogP contribution in [0.4, 0.5) is 5.69 Å². The largest absolute Gasteiger partial charge is 0.340 e.